The summed E-state index contributed by atoms with van der Waals surface area (Å²) in [5, 5.41) is 9.05. The summed E-state index contributed by atoms with van der Waals surface area (Å²) in [5.74, 6) is 0.516. The molecule has 0 fully saturated rings. The van der Waals surface area contributed by atoms with E-state index in [0.29, 0.717) is 42.2 Å². The Morgan fingerprint density at radius 3 is 2.42 bits per heavy atom. The molecule has 0 saturated heterocycles. The average Bonchev–Trinajstić information content (AvgIpc) is 3.43. The zero-order chi connectivity index (χ0) is 32.5. The van der Waals surface area contributed by atoms with Crippen LogP contribution < -0.4 is 20.3 Å². The number of methoxy groups -OCH3 is 1. The SMILES string of the molecule is COc1cccc([C@@H]2OC(c3ccc(OCCCO)cc3)=N[C@]2(CCS(=O)(=O)c2ccccc2)C(=O)NNCCC(C)(C)C)c1. The van der Waals surface area contributed by atoms with Gasteiger partial charge in [0.05, 0.1) is 24.4 Å². The lowest BCUT2D eigenvalue weighted by molar-refractivity contribution is -0.130. The fourth-order valence-corrected chi connectivity index (χ4v) is 6.29. The molecular formula is C34H43N3O7S. The fraction of sp³-hybridized carbons (Fsp3) is 0.412. The second-order valence-corrected chi connectivity index (χ2v) is 14.2. The Bertz CT molecular complexity index is 1550. The first kappa shape index (κ1) is 34.0. The van der Waals surface area contributed by atoms with E-state index < -0.39 is 27.4 Å². The largest absolute Gasteiger partial charge is 0.497 e. The molecule has 0 spiro atoms. The van der Waals surface area contributed by atoms with Gasteiger partial charge in [-0.05, 0) is 65.9 Å². The Balaban J connectivity index is 1.74. The molecule has 0 aromatic heterocycles. The van der Waals surface area contributed by atoms with Crippen molar-refractivity contribution < 1.29 is 32.5 Å². The van der Waals surface area contributed by atoms with Gasteiger partial charge in [-0.1, -0.05) is 51.1 Å². The first-order valence-electron chi connectivity index (χ1n) is 15.0. The number of aliphatic hydroxyl groups is 1. The van der Waals surface area contributed by atoms with Crippen LogP contribution in [0.5, 0.6) is 11.5 Å². The monoisotopic (exact) mass is 637 g/mol. The minimum Gasteiger partial charge on any atom is -0.497 e. The van der Waals surface area contributed by atoms with Crippen molar-refractivity contribution in [3.63, 3.8) is 0 Å². The molecule has 1 amide bonds. The predicted molar refractivity (Wildman–Crippen MR) is 173 cm³/mol. The molecule has 0 saturated carbocycles. The van der Waals surface area contributed by atoms with Crippen molar-refractivity contribution in [1.82, 2.24) is 10.9 Å². The summed E-state index contributed by atoms with van der Waals surface area (Å²) in [6.45, 7) is 7.23. The van der Waals surface area contributed by atoms with E-state index in [1.54, 1.807) is 79.9 Å². The molecule has 4 rings (SSSR count). The molecule has 1 aliphatic heterocycles. The third-order valence-corrected chi connectivity index (χ3v) is 9.21. The zero-order valence-electron chi connectivity index (χ0n) is 26.3. The number of hydrogen-bond acceptors (Lipinski definition) is 9. The lowest BCUT2D eigenvalue weighted by Gasteiger charge is -2.31. The van der Waals surface area contributed by atoms with Gasteiger partial charge in [-0.15, -0.1) is 0 Å². The van der Waals surface area contributed by atoms with Gasteiger partial charge in [0.15, 0.2) is 21.5 Å². The normalized spacial score (nSPS) is 18.2. The number of nitrogens with one attached hydrogen (secondary N) is 2. The van der Waals surface area contributed by atoms with Gasteiger partial charge in [-0.25, -0.2) is 18.8 Å². The maximum Gasteiger partial charge on any atom is 0.266 e. The minimum absolute atomic E-state index is 0.0313. The summed E-state index contributed by atoms with van der Waals surface area (Å²) in [6.07, 6.45) is 0.191. The Morgan fingerprint density at radius 1 is 1.02 bits per heavy atom. The molecule has 1 heterocycles. The Labute approximate surface area is 265 Å². The van der Waals surface area contributed by atoms with Gasteiger partial charge in [-0.2, -0.15) is 0 Å². The number of hydrogen-bond donors (Lipinski definition) is 3. The number of amides is 1. The zero-order valence-corrected chi connectivity index (χ0v) is 27.1. The molecule has 45 heavy (non-hydrogen) atoms. The standard InChI is InChI=1S/C34H43N3O7S/c1-33(2,3)18-20-35-37-32(39)34(19-23-45(40,41)29-12-6-5-7-13-29)30(26-10-8-11-28(24-26)42-4)44-31(36-34)25-14-16-27(17-15-25)43-22-9-21-38/h5-8,10-17,24,30,35,38H,9,18-23H2,1-4H3,(H,37,39)/t30-,34-/m0/s1. The molecule has 0 bridgehead atoms. The van der Waals surface area contributed by atoms with E-state index in [4.69, 9.17) is 24.3 Å². The van der Waals surface area contributed by atoms with E-state index in [1.807, 2.05) is 6.07 Å². The van der Waals surface area contributed by atoms with E-state index in [9.17, 15) is 13.2 Å². The third kappa shape index (κ3) is 8.84. The molecule has 242 valence electrons. The summed E-state index contributed by atoms with van der Waals surface area (Å²) in [7, 11) is -2.22. The number of sulfone groups is 1. The quantitative estimate of drug-likeness (QED) is 0.162. The summed E-state index contributed by atoms with van der Waals surface area (Å²) in [4.78, 5) is 19.3. The second-order valence-electron chi connectivity index (χ2n) is 12.1. The van der Waals surface area contributed by atoms with Crippen molar-refractivity contribution in [2.75, 3.05) is 32.6 Å². The summed E-state index contributed by atoms with van der Waals surface area (Å²) in [5.41, 5.74) is 5.43. The molecule has 11 heteroatoms. The average molecular weight is 638 g/mol. The highest BCUT2D eigenvalue weighted by Crippen LogP contribution is 2.43. The summed E-state index contributed by atoms with van der Waals surface area (Å²) >= 11 is 0. The maximum atomic E-state index is 14.2. The highest BCUT2D eigenvalue weighted by molar-refractivity contribution is 7.91. The number of carbonyl (C=O) groups is 1. The second kappa shape index (κ2) is 14.9. The van der Waals surface area contributed by atoms with Crippen molar-refractivity contribution >= 4 is 21.6 Å². The fourth-order valence-electron chi connectivity index (χ4n) is 4.90. The molecule has 3 aromatic rings. The van der Waals surface area contributed by atoms with E-state index in [1.165, 1.54) is 0 Å². The van der Waals surface area contributed by atoms with Crippen molar-refractivity contribution in [3.8, 4) is 11.5 Å². The molecule has 0 unspecified atom stereocenters. The van der Waals surface area contributed by atoms with Crippen LogP contribution in [0.1, 0.15) is 57.3 Å². The van der Waals surface area contributed by atoms with Gasteiger partial charge >= 0.3 is 0 Å². The molecular weight excluding hydrogens is 594 g/mol. The summed E-state index contributed by atoms with van der Waals surface area (Å²) in [6, 6.07) is 22.4. The number of ether oxygens (including phenoxy) is 3. The number of nitrogens with zero attached hydrogens (tertiary/aromatic N) is 1. The van der Waals surface area contributed by atoms with Crippen molar-refractivity contribution in [2.24, 2.45) is 10.4 Å². The molecule has 3 N–H and O–H groups in total. The molecule has 10 nitrogen and oxygen atoms in total. The Hall–Kier alpha value is -3.93. The molecule has 3 aromatic carbocycles. The number of aliphatic hydroxyl groups excluding tert-OH is 1. The summed E-state index contributed by atoms with van der Waals surface area (Å²) < 4.78 is 44.6. The van der Waals surface area contributed by atoms with Gasteiger partial charge in [0, 0.05) is 31.6 Å². The molecule has 2 atom stereocenters. The number of hydrazine groups is 1. The first-order valence-corrected chi connectivity index (χ1v) is 16.7. The predicted octanol–water partition coefficient (Wildman–Crippen LogP) is 4.63. The first-order chi connectivity index (χ1) is 21.5. The number of benzene rings is 3. The van der Waals surface area contributed by atoms with Crippen molar-refractivity contribution in [1.29, 1.82) is 0 Å². The lowest BCUT2D eigenvalue weighted by atomic mass is 9.85. The topological polar surface area (TPSA) is 136 Å². The van der Waals surface area contributed by atoms with Crippen molar-refractivity contribution in [2.45, 2.75) is 56.6 Å². The van der Waals surface area contributed by atoms with E-state index in [2.05, 4.69) is 31.6 Å². The van der Waals surface area contributed by atoms with Gasteiger partial charge in [0.25, 0.3) is 5.91 Å². The van der Waals surface area contributed by atoms with Crippen LogP contribution >= 0.6 is 0 Å². The van der Waals surface area contributed by atoms with E-state index >= 15 is 0 Å². The highest BCUT2D eigenvalue weighted by atomic mass is 32.2. The smallest absolute Gasteiger partial charge is 0.266 e. The van der Waals surface area contributed by atoms with Crippen LogP contribution in [-0.4, -0.2) is 63.5 Å². The van der Waals surface area contributed by atoms with Crippen molar-refractivity contribution in [3.05, 3.63) is 90.0 Å². The van der Waals surface area contributed by atoms with Crippen LogP contribution in [0.15, 0.2) is 88.8 Å². The molecule has 1 aliphatic rings. The van der Waals surface area contributed by atoms with Crippen LogP contribution in [0.25, 0.3) is 0 Å². The number of rotatable bonds is 15. The van der Waals surface area contributed by atoms with Crippen LogP contribution in [0.3, 0.4) is 0 Å². The van der Waals surface area contributed by atoms with Crippen LogP contribution in [0.2, 0.25) is 0 Å². The number of aliphatic imine (C=N–C) groups is 1. The molecule has 0 aliphatic carbocycles. The van der Waals surface area contributed by atoms with E-state index in [-0.39, 0.29) is 35.0 Å². The van der Waals surface area contributed by atoms with Crippen LogP contribution in [-0.2, 0) is 19.4 Å². The van der Waals surface area contributed by atoms with Gasteiger partial charge in [-0.3, -0.25) is 10.2 Å². The highest BCUT2D eigenvalue weighted by Gasteiger charge is 2.53. The van der Waals surface area contributed by atoms with Crippen LogP contribution in [0, 0.1) is 5.41 Å². The third-order valence-electron chi connectivity index (χ3n) is 7.48. The minimum atomic E-state index is -3.77. The Morgan fingerprint density at radius 2 is 1.76 bits per heavy atom. The van der Waals surface area contributed by atoms with Crippen LogP contribution in [0.4, 0.5) is 0 Å². The molecule has 0 radical (unpaired) electrons. The van der Waals surface area contributed by atoms with Gasteiger partial charge < -0.3 is 19.3 Å². The maximum absolute atomic E-state index is 14.2. The van der Waals surface area contributed by atoms with Gasteiger partial charge in [0.1, 0.15) is 11.5 Å². The number of carbonyl (C=O) groups excluding carboxylic acids is 1. The van der Waals surface area contributed by atoms with E-state index in [0.717, 1.165) is 6.42 Å². The Kier molecular flexibility index (Phi) is 11.2. The van der Waals surface area contributed by atoms with Gasteiger partial charge in [0.2, 0.25) is 5.90 Å². The lowest BCUT2D eigenvalue weighted by Crippen LogP contribution is -2.53.